The van der Waals surface area contributed by atoms with Crippen LogP contribution in [0.1, 0.15) is 19.8 Å². The van der Waals surface area contributed by atoms with E-state index in [2.05, 4.69) is 9.71 Å². The zero-order valence-electron chi connectivity index (χ0n) is 14.1. The van der Waals surface area contributed by atoms with Gasteiger partial charge < -0.3 is 4.57 Å². The van der Waals surface area contributed by atoms with Crippen molar-refractivity contribution in [1.82, 2.24) is 14.3 Å². The van der Waals surface area contributed by atoms with E-state index >= 15 is 0 Å². The van der Waals surface area contributed by atoms with Crippen molar-refractivity contribution >= 4 is 42.8 Å². The van der Waals surface area contributed by atoms with Gasteiger partial charge in [-0.25, -0.2) is 31.7 Å². The summed E-state index contributed by atoms with van der Waals surface area (Å²) in [6, 6.07) is 4.64. The molecule has 0 bridgehead atoms. The number of rotatable bonds is 9. The maximum Gasteiger partial charge on any atom is 0.238 e. The van der Waals surface area contributed by atoms with Gasteiger partial charge in [0.25, 0.3) is 0 Å². The summed E-state index contributed by atoms with van der Waals surface area (Å²) in [4.78, 5) is 4.53. The zero-order valence-corrected chi connectivity index (χ0v) is 16.5. The minimum atomic E-state index is -3.78. The van der Waals surface area contributed by atoms with E-state index in [0.29, 0.717) is 17.7 Å². The number of sulfonamides is 2. The molecule has 0 aliphatic heterocycles. The molecule has 1 aromatic heterocycles. The highest BCUT2D eigenvalue weighted by Gasteiger charge is 2.15. The quantitative estimate of drug-likeness (QED) is 0.475. The van der Waals surface area contributed by atoms with Crippen molar-refractivity contribution in [2.45, 2.75) is 36.4 Å². The molecule has 2 rings (SSSR count). The Morgan fingerprint density at radius 3 is 2.60 bits per heavy atom. The SMILES string of the molecule is CCCn1c(SCCCS(=O)(=O)NC)nc2cc(S(N)(=O)=O)ccc21. The van der Waals surface area contributed by atoms with E-state index < -0.39 is 20.0 Å². The van der Waals surface area contributed by atoms with Gasteiger partial charge in [-0.2, -0.15) is 0 Å². The Morgan fingerprint density at radius 2 is 2.00 bits per heavy atom. The van der Waals surface area contributed by atoms with Crippen molar-refractivity contribution in [2.24, 2.45) is 5.14 Å². The molecule has 0 atom stereocenters. The number of nitrogens with two attached hydrogens (primary N) is 1. The summed E-state index contributed by atoms with van der Waals surface area (Å²) in [5.41, 5.74) is 1.39. The fourth-order valence-electron chi connectivity index (χ4n) is 2.33. The summed E-state index contributed by atoms with van der Waals surface area (Å²) in [6.45, 7) is 2.78. The first kappa shape index (κ1) is 20.2. The Hall–Kier alpha value is -1.14. The molecule has 2 aromatic rings. The molecule has 1 aromatic carbocycles. The van der Waals surface area contributed by atoms with E-state index in [4.69, 9.17) is 5.14 Å². The second-order valence-electron chi connectivity index (χ2n) is 5.47. The number of primary sulfonamides is 1. The fraction of sp³-hybridized carbons (Fsp3) is 0.500. The average Bonchev–Trinajstić information content (AvgIpc) is 2.88. The maximum atomic E-state index is 11.5. The Kier molecular flexibility index (Phi) is 6.49. The lowest BCUT2D eigenvalue weighted by Gasteiger charge is -2.07. The van der Waals surface area contributed by atoms with Gasteiger partial charge in [-0.15, -0.1) is 0 Å². The summed E-state index contributed by atoms with van der Waals surface area (Å²) in [7, 11) is -5.60. The lowest BCUT2D eigenvalue weighted by molar-refractivity contribution is 0.586. The number of aryl methyl sites for hydroxylation is 1. The molecule has 0 spiro atoms. The van der Waals surface area contributed by atoms with Crippen molar-refractivity contribution < 1.29 is 16.8 Å². The van der Waals surface area contributed by atoms with Gasteiger partial charge in [0, 0.05) is 12.3 Å². The van der Waals surface area contributed by atoms with Crippen LogP contribution in [-0.2, 0) is 26.6 Å². The van der Waals surface area contributed by atoms with Crippen LogP contribution in [0.2, 0.25) is 0 Å². The summed E-state index contributed by atoms with van der Waals surface area (Å²) in [5.74, 6) is 0.649. The molecule has 0 amide bonds. The van der Waals surface area contributed by atoms with E-state index in [1.165, 1.54) is 30.9 Å². The molecule has 0 fully saturated rings. The predicted octanol–water partition coefficient (Wildman–Crippen LogP) is 1.13. The molecule has 8 nitrogen and oxygen atoms in total. The molecule has 0 aliphatic rings. The molecule has 0 saturated heterocycles. The predicted molar refractivity (Wildman–Crippen MR) is 99.6 cm³/mol. The number of hydrogen-bond donors (Lipinski definition) is 2. The summed E-state index contributed by atoms with van der Waals surface area (Å²) in [5, 5.41) is 5.91. The van der Waals surface area contributed by atoms with Crippen molar-refractivity contribution in [3.05, 3.63) is 18.2 Å². The van der Waals surface area contributed by atoms with Gasteiger partial charge in [-0.1, -0.05) is 18.7 Å². The smallest absolute Gasteiger partial charge is 0.238 e. The van der Waals surface area contributed by atoms with Crippen LogP contribution in [0.3, 0.4) is 0 Å². The molecule has 3 N–H and O–H groups in total. The van der Waals surface area contributed by atoms with Crippen LogP contribution < -0.4 is 9.86 Å². The molecule has 0 radical (unpaired) electrons. The highest BCUT2D eigenvalue weighted by Crippen LogP contribution is 2.26. The van der Waals surface area contributed by atoms with Gasteiger partial charge in [0.1, 0.15) is 0 Å². The Labute approximate surface area is 152 Å². The lowest BCUT2D eigenvalue weighted by Crippen LogP contribution is -2.22. The van der Waals surface area contributed by atoms with Gasteiger partial charge in [0.2, 0.25) is 20.0 Å². The van der Waals surface area contributed by atoms with Crippen LogP contribution in [-0.4, -0.2) is 44.9 Å². The van der Waals surface area contributed by atoms with Crippen molar-refractivity contribution in [2.75, 3.05) is 18.6 Å². The number of nitrogens with zero attached hydrogens (tertiary/aromatic N) is 2. The zero-order chi connectivity index (χ0) is 18.7. The van der Waals surface area contributed by atoms with Crippen LogP contribution in [0.25, 0.3) is 11.0 Å². The van der Waals surface area contributed by atoms with E-state index in [1.807, 2.05) is 11.5 Å². The number of hydrogen-bond acceptors (Lipinski definition) is 6. The Balaban J connectivity index is 2.24. The number of imidazole rings is 1. The van der Waals surface area contributed by atoms with Crippen molar-refractivity contribution in [3.8, 4) is 0 Å². The summed E-state index contributed by atoms with van der Waals surface area (Å²) < 4.78 is 50.2. The maximum absolute atomic E-state index is 11.5. The standard InChI is InChI=1S/C14H22N4O4S3/c1-3-7-18-13-6-5-11(25(15,21)22)10-12(13)17-14(18)23-8-4-9-24(19,20)16-2/h5-6,10,16H,3-4,7-9H2,1-2H3,(H2,15,21,22). The average molecular weight is 407 g/mol. The van der Waals surface area contributed by atoms with Gasteiger partial charge in [-0.3, -0.25) is 0 Å². The second kappa shape index (κ2) is 8.04. The number of benzene rings is 1. The highest BCUT2D eigenvalue weighted by molar-refractivity contribution is 7.99. The normalized spacial score (nSPS) is 12.8. The fourth-order valence-corrected chi connectivity index (χ4v) is 4.75. The highest BCUT2D eigenvalue weighted by atomic mass is 32.2. The molecule has 140 valence electrons. The number of nitrogens with one attached hydrogen (secondary N) is 1. The third kappa shape index (κ3) is 5.17. The number of aromatic nitrogens is 2. The van der Waals surface area contributed by atoms with Crippen LogP contribution in [0.4, 0.5) is 0 Å². The monoisotopic (exact) mass is 406 g/mol. The first-order chi connectivity index (χ1) is 11.7. The minimum Gasteiger partial charge on any atom is -0.319 e. The number of fused-ring (bicyclic) bond motifs is 1. The minimum absolute atomic E-state index is 0.0258. The van der Waals surface area contributed by atoms with Gasteiger partial charge >= 0.3 is 0 Å². The first-order valence-electron chi connectivity index (χ1n) is 7.75. The molecule has 0 aliphatic carbocycles. The molecule has 0 saturated carbocycles. The number of thioether (sulfide) groups is 1. The van der Waals surface area contributed by atoms with Gasteiger partial charge in [-0.05, 0) is 38.1 Å². The van der Waals surface area contributed by atoms with E-state index in [-0.39, 0.29) is 10.6 Å². The van der Waals surface area contributed by atoms with Gasteiger partial charge in [0.05, 0.1) is 21.7 Å². The van der Waals surface area contributed by atoms with E-state index in [9.17, 15) is 16.8 Å². The Morgan fingerprint density at radius 1 is 1.28 bits per heavy atom. The van der Waals surface area contributed by atoms with Crippen LogP contribution in [0.15, 0.2) is 28.3 Å². The third-order valence-electron chi connectivity index (χ3n) is 3.56. The van der Waals surface area contributed by atoms with Crippen LogP contribution >= 0.6 is 11.8 Å². The molecular weight excluding hydrogens is 384 g/mol. The van der Waals surface area contributed by atoms with Gasteiger partial charge in [0.15, 0.2) is 5.16 Å². The first-order valence-corrected chi connectivity index (χ1v) is 11.9. The summed E-state index contributed by atoms with van der Waals surface area (Å²) in [6.07, 6.45) is 1.38. The Bertz CT molecular complexity index is 952. The van der Waals surface area contributed by atoms with Crippen molar-refractivity contribution in [3.63, 3.8) is 0 Å². The molecule has 11 heteroatoms. The largest absolute Gasteiger partial charge is 0.319 e. The third-order valence-corrected chi connectivity index (χ3v) is 6.98. The molecule has 25 heavy (non-hydrogen) atoms. The molecule has 1 heterocycles. The van der Waals surface area contributed by atoms with E-state index in [0.717, 1.165) is 23.6 Å². The van der Waals surface area contributed by atoms with Crippen LogP contribution in [0.5, 0.6) is 0 Å². The van der Waals surface area contributed by atoms with Crippen molar-refractivity contribution in [1.29, 1.82) is 0 Å². The lowest BCUT2D eigenvalue weighted by atomic mass is 10.3. The van der Waals surface area contributed by atoms with E-state index in [1.54, 1.807) is 6.07 Å². The topological polar surface area (TPSA) is 124 Å². The van der Waals surface area contributed by atoms with Crippen LogP contribution in [0, 0.1) is 0 Å². The molecular formula is C14H22N4O4S3. The second-order valence-corrected chi connectivity index (χ2v) is 10.1. The summed E-state index contributed by atoms with van der Waals surface area (Å²) >= 11 is 1.46. The molecule has 0 unspecified atom stereocenters.